The van der Waals surface area contributed by atoms with Crippen molar-refractivity contribution in [2.45, 2.75) is 6.54 Å². The minimum atomic E-state index is -0.407. The van der Waals surface area contributed by atoms with Gasteiger partial charge in [0.15, 0.2) is 0 Å². The van der Waals surface area contributed by atoms with Crippen LogP contribution in [0.5, 0.6) is 0 Å². The predicted molar refractivity (Wildman–Crippen MR) is 92.3 cm³/mol. The number of nitrogens with zero attached hydrogens (tertiary/aromatic N) is 4. The van der Waals surface area contributed by atoms with Gasteiger partial charge in [0.05, 0.1) is 12.7 Å². The van der Waals surface area contributed by atoms with E-state index in [1.54, 1.807) is 12.3 Å². The normalized spacial score (nSPS) is 15.3. The maximum absolute atomic E-state index is 11.7. The van der Waals surface area contributed by atoms with Gasteiger partial charge in [-0.1, -0.05) is 17.7 Å². The number of ether oxygens (including phenoxy) is 1. The molecule has 0 saturated carbocycles. The summed E-state index contributed by atoms with van der Waals surface area (Å²) in [6.45, 7) is 4.37. The smallest absolute Gasteiger partial charge is 0.338 e. The molecule has 0 radical (unpaired) electrons. The van der Waals surface area contributed by atoms with Crippen LogP contribution in [0.25, 0.3) is 0 Å². The van der Waals surface area contributed by atoms with Crippen molar-refractivity contribution in [3.63, 3.8) is 0 Å². The van der Waals surface area contributed by atoms with E-state index in [1.807, 2.05) is 12.3 Å². The van der Waals surface area contributed by atoms with Gasteiger partial charge in [0.1, 0.15) is 11.0 Å². The third-order valence-electron chi connectivity index (χ3n) is 4.03. The molecular formula is C17H19ClN4O2. The van der Waals surface area contributed by atoms with Crippen LogP contribution >= 0.6 is 11.6 Å². The highest BCUT2D eigenvalue weighted by Gasteiger charge is 2.20. The molecule has 7 heteroatoms. The Morgan fingerprint density at radius 3 is 2.75 bits per heavy atom. The van der Waals surface area contributed by atoms with Crippen molar-refractivity contribution >= 4 is 23.4 Å². The number of halogens is 1. The summed E-state index contributed by atoms with van der Waals surface area (Å²) in [5, 5.41) is 0.297. The molecule has 0 amide bonds. The van der Waals surface area contributed by atoms with Crippen LogP contribution in [-0.4, -0.2) is 54.1 Å². The molecule has 2 aromatic rings. The SMILES string of the molecule is COC(=O)c1cc(Cl)nc(N2CCN(Cc3cccnc3)CC2)c1. The highest BCUT2D eigenvalue weighted by molar-refractivity contribution is 6.29. The molecule has 0 bridgehead atoms. The average Bonchev–Trinajstić information content (AvgIpc) is 2.62. The van der Waals surface area contributed by atoms with Gasteiger partial charge in [0, 0.05) is 45.1 Å². The maximum atomic E-state index is 11.7. The number of hydrogen-bond donors (Lipinski definition) is 0. The minimum absolute atomic E-state index is 0.297. The van der Waals surface area contributed by atoms with Gasteiger partial charge in [0.25, 0.3) is 0 Å². The molecule has 0 atom stereocenters. The Morgan fingerprint density at radius 1 is 1.29 bits per heavy atom. The molecule has 6 nitrogen and oxygen atoms in total. The molecule has 0 aromatic carbocycles. The molecule has 0 aliphatic carbocycles. The van der Waals surface area contributed by atoms with Crippen LogP contribution in [0, 0.1) is 0 Å². The van der Waals surface area contributed by atoms with Crippen LogP contribution in [0.1, 0.15) is 15.9 Å². The van der Waals surface area contributed by atoms with Crippen molar-refractivity contribution in [2.75, 3.05) is 38.2 Å². The molecule has 24 heavy (non-hydrogen) atoms. The lowest BCUT2D eigenvalue weighted by molar-refractivity contribution is 0.0600. The zero-order valence-electron chi connectivity index (χ0n) is 13.5. The number of anilines is 1. The largest absolute Gasteiger partial charge is 0.465 e. The van der Waals surface area contributed by atoms with Crippen molar-refractivity contribution in [2.24, 2.45) is 0 Å². The lowest BCUT2D eigenvalue weighted by Gasteiger charge is -2.35. The molecule has 0 spiro atoms. The fourth-order valence-corrected chi connectivity index (χ4v) is 2.97. The average molecular weight is 347 g/mol. The van der Waals surface area contributed by atoms with E-state index in [2.05, 4.69) is 25.8 Å². The topological polar surface area (TPSA) is 58.6 Å². The standard InChI is InChI=1S/C17H19ClN4O2/c1-24-17(23)14-9-15(18)20-16(10-14)22-7-5-21(6-8-22)12-13-3-2-4-19-11-13/h2-4,9-11H,5-8,12H2,1H3. The summed E-state index contributed by atoms with van der Waals surface area (Å²) in [5.74, 6) is 0.305. The lowest BCUT2D eigenvalue weighted by atomic mass is 10.2. The molecule has 1 aliphatic rings. The molecular weight excluding hydrogens is 328 g/mol. The maximum Gasteiger partial charge on any atom is 0.338 e. The Labute approximate surface area is 146 Å². The summed E-state index contributed by atoms with van der Waals surface area (Å²) in [6, 6.07) is 7.29. The van der Waals surface area contributed by atoms with Crippen molar-refractivity contribution in [1.82, 2.24) is 14.9 Å². The van der Waals surface area contributed by atoms with Crippen molar-refractivity contribution in [1.29, 1.82) is 0 Å². The van der Waals surface area contributed by atoms with Gasteiger partial charge in [0.2, 0.25) is 0 Å². The van der Waals surface area contributed by atoms with Crippen molar-refractivity contribution in [3.05, 3.63) is 52.9 Å². The number of aromatic nitrogens is 2. The summed E-state index contributed by atoms with van der Waals surface area (Å²) < 4.78 is 4.76. The molecule has 1 saturated heterocycles. The number of pyridine rings is 2. The summed E-state index contributed by atoms with van der Waals surface area (Å²) in [7, 11) is 1.35. The van der Waals surface area contributed by atoms with Crippen LogP contribution in [0.15, 0.2) is 36.7 Å². The van der Waals surface area contributed by atoms with Gasteiger partial charge in [-0.15, -0.1) is 0 Å². The van der Waals surface area contributed by atoms with Crippen molar-refractivity contribution < 1.29 is 9.53 Å². The highest BCUT2D eigenvalue weighted by Crippen LogP contribution is 2.20. The summed E-state index contributed by atoms with van der Waals surface area (Å²) >= 11 is 6.04. The number of carbonyl (C=O) groups excluding carboxylic acids is 1. The third-order valence-corrected chi connectivity index (χ3v) is 4.22. The Balaban J connectivity index is 1.64. The van der Waals surface area contributed by atoms with E-state index < -0.39 is 5.97 Å². The van der Waals surface area contributed by atoms with Crippen molar-refractivity contribution in [3.8, 4) is 0 Å². The monoisotopic (exact) mass is 346 g/mol. The van der Waals surface area contributed by atoms with E-state index in [0.717, 1.165) is 32.7 Å². The first-order chi connectivity index (χ1) is 11.7. The molecule has 2 aromatic heterocycles. The van der Waals surface area contributed by atoms with Gasteiger partial charge in [-0.05, 0) is 23.8 Å². The first kappa shape index (κ1) is 16.7. The van der Waals surface area contributed by atoms with E-state index in [0.29, 0.717) is 16.5 Å². The Hall–Kier alpha value is -2.18. The number of piperazine rings is 1. The number of esters is 1. The third kappa shape index (κ3) is 4.01. The quantitative estimate of drug-likeness (QED) is 0.625. The van der Waals surface area contributed by atoms with Gasteiger partial charge >= 0.3 is 5.97 Å². The molecule has 0 N–H and O–H groups in total. The van der Waals surface area contributed by atoms with Gasteiger partial charge < -0.3 is 9.64 Å². The Bertz CT molecular complexity index is 703. The molecule has 126 valence electrons. The van der Waals surface area contributed by atoms with Gasteiger partial charge in [-0.2, -0.15) is 0 Å². The first-order valence-corrected chi connectivity index (χ1v) is 8.15. The number of methoxy groups -OCH3 is 1. The van der Waals surface area contributed by atoms with Crippen LogP contribution in [0.2, 0.25) is 5.15 Å². The van der Waals surface area contributed by atoms with E-state index >= 15 is 0 Å². The molecule has 1 aliphatic heterocycles. The first-order valence-electron chi connectivity index (χ1n) is 7.78. The molecule has 3 rings (SSSR count). The minimum Gasteiger partial charge on any atom is -0.465 e. The number of hydrogen-bond acceptors (Lipinski definition) is 6. The predicted octanol–water partition coefficient (Wildman–Crippen LogP) is 2.24. The fraction of sp³-hybridized carbons (Fsp3) is 0.353. The summed E-state index contributed by atoms with van der Waals surface area (Å²) in [6.07, 6.45) is 3.68. The second-order valence-corrected chi connectivity index (χ2v) is 6.04. The fourth-order valence-electron chi connectivity index (χ4n) is 2.77. The van der Waals surface area contributed by atoms with E-state index in [1.165, 1.54) is 18.7 Å². The second kappa shape index (κ2) is 7.59. The number of rotatable bonds is 4. The molecule has 0 unspecified atom stereocenters. The Morgan fingerprint density at radius 2 is 2.08 bits per heavy atom. The second-order valence-electron chi connectivity index (χ2n) is 5.65. The van der Waals surface area contributed by atoms with Crippen LogP contribution in [0.4, 0.5) is 5.82 Å². The molecule has 3 heterocycles. The van der Waals surface area contributed by atoms with Crippen LogP contribution in [0.3, 0.4) is 0 Å². The zero-order valence-corrected chi connectivity index (χ0v) is 14.2. The number of carbonyl (C=O) groups is 1. The lowest BCUT2D eigenvalue weighted by Crippen LogP contribution is -2.46. The zero-order chi connectivity index (χ0) is 16.9. The Kier molecular flexibility index (Phi) is 5.27. The van der Waals surface area contributed by atoms with Crippen LogP contribution < -0.4 is 4.90 Å². The van der Waals surface area contributed by atoms with E-state index in [4.69, 9.17) is 16.3 Å². The molecule has 1 fully saturated rings. The van der Waals surface area contributed by atoms with E-state index in [9.17, 15) is 4.79 Å². The van der Waals surface area contributed by atoms with E-state index in [-0.39, 0.29) is 0 Å². The summed E-state index contributed by atoms with van der Waals surface area (Å²) in [4.78, 5) is 24.7. The highest BCUT2D eigenvalue weighted by atomic mass is 35.5. The van der Waals surface area contributed by atoms with Gasteiger partial charge in [-0.3, -0.25) is 9.88 Å². The van der Waals surface area contributed by atoms with Gasteiger partial charge in [-0.25, -0.2) is 9.78 Å². The summed E-state index contributed by atoms with van der Waals surface area (Å²) in [5.41, 5.74) is 1.63. The van der Waals surface area contributed by atoms with Crippen LogP contribution in [-0.2, 0) is 11.3 Å².